The molecule has 0 bridgehead atoms. The maximum absolute atomic E-state index is 12.5. The van der Waals surface area contributed by atoms with E-state index in [9.17, 15) is 18.0 Å². The molecule has 0 radical (unpaired) electrons. The van der Waals surface area contributed by atoms with Crippen LogP contribution in [-0.2, 0) is 10.0 Å². The van der Waals surface area contributed by atoms with Gasteiger partial charge in [0.05, 0.1) is 5.56 Å². The van der Waals surface area contributed by atoms with Crippen LogP contribution in [0, 0.1) is 0 Å². The number of aromatic carboxylic acids is 1. The Balaban J connectivity index is 1.93. The summed E-state index contributed by atoms with van der Waals surface area (Å²) in [7, 11) is -0.688. The van der Waals surface area contributed by atoms with E-state index in [-0.39, 0.29) is 5.76 Å². The lowest BCUT2D eigenvalue weighted by molar-refractivity contribution is 0.0692. The minimum Gasteiger partial charge on any atom is -0.478 e. The maximum atomic E-state index is 12.5. The summed E-state index contributed by atoms with van der Waals surface area (Å²) in [4.78, 5) is 24.9. The molecule has 0 atom stereocenters. The van der Waals surface area contributed by atoms with Crippen molar-refractivity contribution < 1.29 is 27.5 Å². The number of nitrogens with zero attached hydrogens (tertiary/aromatic N) is 1. The molecule has 0 aliphatic carbocycles. The molecule has 0 spiro atoms. The van der Waals surface area contributed by atoms with Crippen molar-refractivity contribution in [2.45, 2.75) is 4.90 Å². The molecule has 0 unspecified atom stereocenters. The van der Waals surface area contributed by atoms with Gasteiger partial charge in [0.25, 0.3) is 10.0 Å². The van der Waals surface area contributed by atoms with Gasteiger partial charge in [-0.2, -0.15) is 0 Å². The average molecular weight is 388 g/mol. The second-order valence-electron chi connectivity index (χ2n) is 5.96. The molecule has 1 amide bonds. The highest BCUT2D eigenvalue weighted by Gasteiger charge is 2.25. The number of furan rings is 1. The Morgan fingerprint density at radius 1 is 1.07 bits per heavy atom. The van der Waals surface area contributed by atoms with Gasteiger partial charge >= 0.3 is 11.9 Å². The van der Waals surface area contributed by atoms with Crippen LogP contribution in [0.5, 0.6) is 0 Å². The number of hydrogen-bond donors (Lipinski definition) is 2. The molecule has 0 saturated heterocycles. The Bertz CT molecular complexity index is 1150. The average Bonchev–Trinajstić information content (AvgIpc) is 3.04. The smallest absolute Gasteiger partial charge is 0.337 e. The standard InChI is InChI=1S/C18H16N2O6S/c1-20(2)12-8-7-11-9-15(26-14(11)10-12)17(21)19-27(24,25)16-6-4-3-5-13(16)18(22)23/h3-10H,1-2H3,(H,19,21)(H,22,23). The van der Waals surface area contributed by atoms with Crippen molar-refractivity contribution in [3.8, 4) is 0 Å². The number of sulfonamides is 1. The summed E-state index contributed by atoms with van der Waals surface area (Å²) in [6, 6.07) is 11.7. The molecule has 9 heteroatoms. The van der Waals surface area contributed by atoms with Crippen molar-refractivity contribution in [2.75, 3.05) is 19.0 Å². The predicted octanol–water partition coefficient (Wildman–Crippen LogP) is 2.32. The van der Waals surface area contributed by atoms with E-state index in [2.05, 4.69) is 0 Å². The molecule has 0 saturated carbocycles. The van der Waals surface area contributed by atoms with E-state index in [1.165, 1.54) is 18.2 Å². The fourth-order valence-electron chi connectivity index (χ4n) is 2.51. The van der Waals surface area contributed by atoms with E-state index in [0.29, 0.717) is 11.0 Å². The summed E-state index contributed by atoms with van der Waals surface area (Å²) in [6.45, 7) is 0. The van der Waals surface area contributed by atoms with Crippen LogP contribution in [0.25, 0.3) is 11.0 Å². The first kappa shape index (κ1) is 18.5. The van der Waals surface area contributed by atoms with Crippen LogP contribution in [-0.4, -0.2) is 39.5 Å². The van der Waals surface area contributed by atoms with Crippen molar-refractivity contribution >= 4 is 38.6 Å². The fraction of sp³-hybridized carbons (Fsp3) is 0.111. The molecular weight excluding hydrogens is 372 g/mol. The number of carboxylic acid groups (broad SMARTS) is 1. The summed E-state index contributed by atoms with van der Waals surface area (Å²) in [5, 5.41) is 9.78. The Morgan fingerprint density at radius 2 is 1.78 bits per heavy atom. The fourth-order valence-corrected chi connectivity index (χ4v) is 3.67. The largest absolute Gasteiger partial charge is 0.478 e. The summed E-state index contributed by atoms with van der Waals surface area (Å²) in [6.07, 6.45) is 0. The number of fused-ring (bicyclic) bond motifs is 1. The normalized spacial score (nSPS) is 11.3. The van der Waals surface area contributed by atoms with Gasteiger partial charge in [0.1, 0.15) is 10.5 Å². The SMILES string of the molecule is CN(C)c1ccc2cc(C(=O)NS(=O)(=O)c3ccccc3C(=O)O)oc2c1. The second-order valence-corrected chi connectivity index (χ2v) is 7.61. The number of anilines is 1. The monoisotopic (exact) mass is 388 g/mol. The zero-order chi connectivity index (χ0) is 19.8. The minimum atomic E-state index is -4.39. The highest BCUT2D eigenvalue weighted by molar-refractivity contribution is 7.90. The topological polar surface area (TPSA) is 117 Å². The molecule has 3 aromatic rings. The van der Waals surface area contributed by atoms with Crippen molar-refractivity contribution in [1.82, 2.24) is 4.72 Å². The van der Waals surface area contributed by atoms with Crippen molar-refractivity contribution in [3.05, 3.63) is 59.9 Å². The quantitative estimate of drug-likeness (QED) is 0.689. The Morgan fingerprint density at radius 3 is 2.44 bits per heavy atom. The number of benzene rings is 2. The zero-order valence-corrected chi connectivity index (χ0v) is 15.3. The lowest BCUT2D eigenvalue weighted by atomic mass is 10.2. The van der Waals surface area contributed by atoms with E-state index in [4.69, 9.17) is 9.52 Å². The van der Waals surface area contributed by atoms with E-state index in [1.807, 2.05) is 29.8 Å². The molecule has 0 fully saturated rings. The first-order valence-corrected chi connectivity index (χ1v) is 9.28. The number of carbonyl (C=O) groups is 2. The lowest BCUT2D eigenvalue weighted by Gasteiger charge is -2.11. The number of hydrogen-bond acceptors (Lipinski definition) is 6. The summed E-state index contributed by atoms with van der Waals surface area (Å²) in [5.74, 6) is -2.60. The number of rotatable bonds is 5. The molecule has 2 aromatic carbocycles. The molecule has 27 heavy (non-hydrogen) atoms. The van der Waals surface area contributed by atoms with Gasteiger partial charge in [-0.05, 0) is 30.3 Å². The van der Waals surface area contributed by atoms with Crippen molar-refractivity contribution in [2.24, 2.45) is 0 Å². The molecule has 0 aliphatic rings. The van der Waals surface area contributed by atoms with Crippen LogP contribution >= 0.6 is 0 Å². The Labute approximate surface area is 155 Å². The van der Waals surface area contributed by atoms with Crippen LogP contribution in [0.15, 0.2) is 57.8 Å². The molecule has 3 rings (SSSR count). The number of nitrogens with one attached hydrogen (secondary N) is 1. The molecule has 8 nitrogen and oxygen atoms in total. The van der Waals surface area contributed by atoms with Gasteiger partial charge in [-0.25, -0.2) is 17.9 Å². The minimum absolute atomic E-state index is 0.197. The third-order valence-corrected chi connectivity index (χ3v) is 5.27. The maximum Gasteiger partial charge on any atom is 0.337 e. The third-order valence-electron chi connectivity index (χ3n) is 3.88. The lowest BCUT2D eigenvalue weighted by Crippen LogP contribution is -2.31. The summed E-state index contributed by atoms with van der Waals surface area (Å²) < 4.78 is 32.2. The van der Waals surface area contributed by atoms with E-state index >= 15 is 0 Å². The van der Waals surface area contributed by atoms with Gasteiger partial charge < -0.3 is 14.4 Å². The first-order valence-electron chi connectivity index (χ1n) is 7.79. The van der Waals surface area contributed by atoms with Crippen LogP contribution in [0.3, 0.4) is 0 Å². The van der Waals surface area contributed by atoms with Gasteiger partial charge in [0.15, 0.2) is 5.76 Å². The molecular formula is C18H16N2O6S. The van der Waals surface area contributed by atoms with Gasteiger partial charge in [-0.3, -0.25) is 4.79 Å². The predicted molar refractivity (Wildman–Crippen MR) is 98.6 cm³/mol. The van der Waals surface area contributed by atoms with Crippen LogP contribution in [0.2, 0.25) is 0 Å². The second kappa shape index (κ2) is 6.76. The van der Waals surface area contributed by atoms with Crippen molar-refractivity contribution in [3.63, 3.8) is 0 Å². The van der Waals surface area contributed by atoms with Gasteiger partial charge in [-0.1, -0.05) is 12.1 Å². The third kappa shape index (κ3) is 3.63. The van der Waals surface area contributed by atoms with E-state index < -0.39 is 32.4 Å². The summed E-state index contributed by atoms with van der Waals surface area (Å²) in [5.41, 5.74) is 0.847. The van der Waals surface area contributed by atoms with Crippen LogP contribution < -0.4 is 9.62 Å². The summed E-state index contributed by atoms with van der Waals surface area (Å²) >= 11 is 0. The van der Waals surface area contributed by atoms with Crippen molar-refractivity contribution in [1.29, 1.82) is 0 Å². The molecule has 140 valence electrons. The van der Waals surface area contributed by atoms with Crippen LogP contribution in [0.1, 0.15) is 20.9 Å². The number of amides is 1. The molecule has 1 heterocycles. The highest BCUT2D eigenvalue weighted by Crippen LogP contribution is 2.25. The van der Waals surface area contributed by atoms with Crippen LogP contribution in [0.4, 0.5) is 5.69 Å². The molecule has 1 aromatic heterocycles. The van der Waals surface area contributed by atoms with Gasteiger partial charge in [0, 0.05) is 31.2 Å². The molecule has 0 aliphatic heterocycles. The molecule has 2 N–H and O–H groups in total. The zero-order valence-electron chi connectivity index (χ0n) is 14.5. The number of carboxylic acids is 1. The van der Waals surface area contributed by atoms with Gasteiger partial charge in [0.2, 0.25) is 0 Å². The Hall–Kier alpha value is -3.33. The van der Waals surface area contributed by atoms with E-state index in [1.54, 1.807) is 12.1 Å². The first-order chi connectivity index (χ1) is 12.7. The number of carbonyl (C=O) groups excluding carboxylic acids is 1. The van der Waals surface area contributed by atoms with E-state index in [0.717, 1.165) is 17.8 Å². The Kier molecular flexibility index (Phi) is 4.63. The highest BCUT2D eigenvalue weighted by atomic mass is 32.2. The van der Waals surface area contributed by atoms with Gasteiger partial charge in [-0.15, -0.1) is 0 Å².